The molecule has 2 aliphatic rings. The highest BCUT2D eigenvalue weighted by molar-refractivity contribution is 6.17. The summed E-state index contributed by atoms with van der Waals surface area (Å²) >= 11 is 0. The molecule has 0 saturated carbocycles. The standard InChI is InChI=1S/C15H10O4/c16-13-9-3-1-2-4-10(9)14(17)12-7-8(15(18)19)5-6-11(12)13/h1-7,11-12H,(H,18,19)/t11-,12-/m1/s1. The first-order valence-corrected chi connectivity index (χ1v) is 5.90. The number of carbonyl (C=O) groups excluding carboxylic acids is 2. The molecule has 4 nitrogen and oxygen atoms in total. The van der Waals surface area contributed by atoms with Crippen LogP contribution in [-0.2, 0) is 4.79 Å². The van der Waals surface area contributed by atoms with Crippen molar-refractivity contribution in [3.63, 3.8) is 0 Å². The van der Waals surface area contributed by atoms with Crippen molar-refractivity contribution in [1.82, 2.24) is 0 Å². The lowest BCUT2D eigenvalue weighted by Crippen LogP contribution is -2.36. The van der Waals surface area contributed by atoms with Gasteiger partial charge in [0.25, 0.3) is 0 Å². The molecule has 0 heterocycles. The van der Waals surface area contributed by atoms with Crippen LogP contribution < -0.4 is 0 Å². The molecule has 1 aromatic rings. The van der Waals surface area contributed by atoms with Gasteiger partial charge in [-0.15, -0.1) is 0 Å². The minimum absolute atomic E-state index is 0.0572. The largest absolute Gasteiger partial charge is 0.478 e. The van der Waals surface area contributed by atoms with E-state index >= 15 is 0 Å². The van der Waals surface area contributed by atoms with Gasteiger partial charge in [-0.25, -0.2) is 4.79 Å². The summed E-state index contributed by atoms with van der Waals surface area (Å²) in [5, 5.41) is 8.96. The summed E-state index contributed by atoms with van der Waals surface area (Å²) in [5.74, 6) is -2.68. The number of carboxylic acids is 1. The first-order valence-electron chi connectivity index (χ1n) is 5.90. The van der Waals surface area contributed by atoms with Crippen LogP contribution in [0.25, 0.3) is 0 Å². The lowest BCUT2D eigenvalue weighted by atomic mass is 9.71. The van der Waals surface area contributed by atoms with Crippen LogP contribution in [0.5, 0.6) is 0 Å². The van der Waals surface area contributed by atoms with Crippen LogP contribution >= 0.6 is 0 Å². The maximum Gasteiger partial charge on any atom is 0.335 e. The Morgan fingerprint density at radius 1 is 1.00 bits per heavy atom. The smallest absolute Gasteiger partial charge is 0.335 e. The van der Waals surface area contributed by atoms with Crippen molar-refractivity contribution in [2.75, 3.05) is 0 Å². The number of aliphatic carboxylic acids is 1. The predicted octanol–water partition coefficient (Wildman–Crippen LogP) is 1.88. The lowest BCUT2D eigenvalue weighted by molar-refractivity contribution is -0.132. The summed E-state index contributed by atoms with van der Waals surface area (Å²) in [7, 11) is 0. The zero-order chi connectivity index (χ0) is 13.6. The van der Waals surface area contributed by atoms with Gasteiger partial charge in [0.1, 0.15) is 0 Å². The predicted molar refractivity (Wildman–Crippen MR) is 66.9 cm³/mol. The second kappa shape index (κ2) is 4.02. The molecule has 1 N–H and O–H groups in total. The van der Waals surface area contributed by atoms with E-state index in [2.05, 4.69) is 0 Å². The molecule has 0 fully saturated rings. The molecule has 2 aliphatic carbocycles. The zero-order valence-corrected chi connectivity index (χ0v) is 9.87. The lowest BCUT2D eigenvalue weighted by Gasteiger charge is -2.29. The Labute approximate surface area is 109 Å². The summed E-state index contributed by atoms with van der Waals surface area (Å²) in [6, 6.07) is 6.66. The number of Topliss-reactive ketones (excluding diaryl/α,β-unsaturated/α-hetero) is 2. The molecule has 0 saturated heterocycles. The first-order chi connectivity index (χ1) is 9.09. The van der Waals surface area contributed by atoms with Crippen molar-refractivity contribution in [2.45, 2.75) is 0 Å². The van der Waals surface area contributed by atoms with E-state index in [0.717, 1.165) is 0 Å². The summed E-state index contributed by atoms with van der Waals surface area (Å²) in [5.41, 5.74) is 0.859. The fraction of sp³-hybridized carbons (Fsp3) is 0.133. The molecule has 0 bridgehead atoms. The molecule has 94 valence electrons. The van der Waals surface area contributed by atoms with Crippen LogP contribution in [0, 0.1) is 11.8 Å². The molecule has 0 spiro atoms. The Hall–Kier alpha value is -2.49. The number of rotatable bonds is 1. The van der Waals surface area contributed by atoms with E-state index in [1.807, 2.05) is 0 Å². The topological polar surface area (TPSA) is 71.4 Å². The van der Waals surface area contributed by atoms with Crippen molar-refractivity contribution in [2.24, 2.45) is 11.8 Å². The summed E-state index contributed by atoms with van der Waals surface area (Å²) in [6.07, 6.45) is 4.29. The molecule has 4 heteroatoms. The fourth-order valence-corrected chi connectivity index (χ4v) is 2.58. The molecule has 0 aliphatic heterocycles. The highest BCUT2D eigenvalue weighted by Gasteiger charge is 2.40. The van der Waals surface area contributed by atoms with Crippen molar-refractivity contribution >= 4 is 17.5 Å². The molecule has 0 radical (unpaired) electrons. The number of fused-ring (bicyclic) bond motifs is 2. The second-order valence-corrected chi connectivity index (χ2v) is 4.61. The van der Waals surface area contributed by atoms with Crippen LogP contribution in [0.2, 0.25) is 0 Å². The van der Waals surface area contributed by atoms with Gasteiger partial charge < -0.3 is 5.11 Å². The minimum atomic E-state index is -1.09. The number of carboxylic acid groups (broad SMARTS) is 1. The van der Waals surface area contributed by atoms with Crippen LogP contribution in [0.3, 0.4) is 0 Å². The third-order valence-corrected chi connectivity index (χ3v) is 3.54. The molecule has 19 heavy (non-hydrogen) atoms. The van der Waals surface area contributed by atoms with Gasteiger partial charge in [-0.1, -0.05) is 42.5 Å². The van der Waals surface area contributed by atoms with Crippen LogP contribution in [0.4, 0.5) is 0 Å². The van der Waals surface area contributed by atoms with Crippen LogP contribution in [-0.4, -0.2) is 22.6 Å². The Bertz CT molecular complexity index is 666. The first kappa shape index (κ1) is 11.6. The number of hydrogen-bond acceptors (Lipinski definition) is 3. The number of allylic oxidation sites excluding steroid dienone is 2. The van der Waals surface area contributed by atoms with E-state index in [4.69, 9.17) is 5.11 Å². The monoisotopic (exact) mass is 254 g/mol. The van der Waals surface area contributed by atoms with Crippen LogP contribution in [0.1, 0.15) is 20.7 Å². The molecule has 1 aromatic carbocycles. The summed E-state index contributed by atoms with van der Waals surface area (Å²) < 4.78 is 0. The van der Waals surface area contributed by atoms with E-state index in [0.29, 0.717) is 11.1 Å². The van der Waals surface area contributed by atoms with Gasteiger partial charge in [0.05, 0.1) is 17.4 Å². The number of ketones is 2. The number of carbonyl (C=O) groups is 3. The Morgan fingerprint density at radius 2 is 1.58 bits per heavy atom. The van der Waals surface area contributed by atoms with E-state index in [1.165, 1.54) is 18.2 Å². The normalized spacial score (nSPS) is 24.5. The third kappa shape index (κ3) is 1.64. The molecule has 2 atom stereocenters. The van der Waals surface area contributed by atoms with Crippen LogP contribution in [0.15, 0.2) is 48.1 Å². The molecule has 3 rings (SSSR count). The van der Waals surface area contributed by atoms with Gasteiger partial charge in [-0.3, -0.25) is 9.59 Å². The fourth-order valence-electron chi connectivity index (χ4n) is 2.58. The molecular weight excluding hydrogens is 244 g/mol. The Kier molecular flexibility index (Phi) is 2.45. The SMILES string of the molecule is O=C(O)C1=C[C@H]2C(=O)c3ccccc3C(=O)[C@@H]2C=C1. The molecule has 0 amide bonds. The Morgan fingerprint density at radius 3 is 2.16 bits per heavy atom. The molecular formula is C15H10O4. The quantitative estimate of drug-likeness (QED) is 0.830. The van der Waals surface area contributed by atoms with E-state index in [1.54, 1.807) is 24.3 Å². The van der Waals surface area contributed by atoms with Crippen molar-refractivity contribution in [3.05, 3.63) is 59.2 Å². The zero-order valence-electron chi connectivity index (χ0n) is 9.87. The minimum Gasteiger partial charge on any atom is -0.478 e. The average molecular weight is 254 g/mol. The highest BCUT2D eigenvalue weighted by atomic mass is 16.4. The number of benzene rings is 1. The van der Waals surface area contributed by atoms with Gasteiger partial charge in [0, 0.05) is 11.1 Å². The van der Waals surface area contributed by atoms with Gasteiger partial charge in [-0.2, -0.15) is 0 Å². The Balaban J connectivity index is 2.13. The summed E-state index contributed by atoms with van der Waals surface area (Å²) in [4.78, 5) is 35.6. The van der Waals surface area contributed by atoms with Gasteiger partial charge in [0.2, 0.25) is 0 Å². The second-order valence-electron chi connectivity index (χ2n) is 4.61. The van der Waals surface area contributed by atoms with E-state index in [9.17, 15) is 14.4 Å². The maximum absolute atomic E-state index is 12.3. The van der Waals surface area contributed by atoms with E-state index < -0.39 is 17.8 Å². The number of hydrogen-bond donors (Lipinski definition) is 1. The van der Waals surface area contributed by atoms with Crippen molar-refractivity contribution in [1.29, 1.82) is 0 Å². The van der Waals surface area contributed by atoms with Gasteiger partial charge >= 0.3 is 5.97 Å². The maximum atomic E-state index is 12.3. The van der Waals surface area contributed by atoms with Gasteiger partial charge in [-0.05, 0) is 0 Å². The highest BCUT2D eigenvalue weighted by Crippen LogP contribution is 2.35. The molecule has 0 aromatic heterocycles. The molecule has 0 unspecified atom stereocenters. The van der Waals surface area contributed by atoms with Crippen molar-refractivity contribution < 1.29 is 19.5 Å². The summed E-state index contributed by atoms with van der Waals surface area (Å²) in [6.45, 7) is 0. The third-order valence-electron chi connectivity index (χ3n) is 3.54. The van der Waals surface area contributed by atoms with Crippen molar-refractivity contribution in [3.8, 4) is 0 Å². The average Bonchev–Trinajstić information content (AvgIpc) is 2.44. The van der Waals surface area contributed by atoms with Gasteiger partial charge in [0.15, 0.2) is 11.6 Å². The van der Waals surface area contributed by atoms with E-state index in [-0.39, 0.29) is 17.1 Å².